The number of aromatic nitrogens is 4. The molecule has 1 aromatic heterocycles. The van der Waals surface area contributed by atoms with Gasteiger partial charge < -0.3 is 0 Å². The molecule has 100 valence electrons. The van der Waals surface area contributed by atoms with Gasteiger partial charge >= 0.3 is 0 Å². The van der Waals surface area contributed by atoms with E-state index in [0.29, 0.717) is 17.6 Å². The number of hydrogen-bond donors (Lipinski definition) is 1. The van der Waals surface area contributed by atoms with Crippen LogP contribution in [-0.2, 0) is 10.0 Å². The molecular weight excluding hydrogens is 266 g/mol. The van der Waals surface area contributed by atoms with Crippen molar-refractivity contribution in [2.75, 3.05) is 11.0 Å². The van der Waals surface area contributed by atoms with Crippen LogP contribution in [0.25, 0.3) is 11.4 Å². The van der Waals surface area contributed by atoms with E-state index in [0.717, 1.165) is 24.7 Å². The number of rotatable bonds is 4. The Labute approximate surface area is 110 Å². The van der Waals surface area contributed by atoms with Crippen LogP contribution in [0.5, 0.6) is 0 Å². The number of nitrogens with zero attached hydrogens (tertiary/aromatic N) is 4. The number of sulfonamides is 1. The predicted molar refractivity (Wildman–Crippen MR) is 70.0 cm³/mol. The Balaban J connectivity index is 1.96. The number of nitrogens with one attached hydrogen (secondary N) is 1. The Bertz CT molecular complexity index is 705. The lowest BCUT2D eigenvalue weighted by Crippen LogP contribution is -2.09. The molecule has 0 unspecified atom stereocenters. The normalized spacial score (nSPS) is 15.4. The fourth-order valence-electron chi connectivity index (χ4n) is 1.88. The summed E-state index contributed by atoms with van der Waals surface area (Å²) in [6, 6.07) is 7.42. The molecule has 0 amide bonds. The second-order valence-corrected chi connectivity index (χ2v) is 6.38. The van der Waals surface area contributed by atoms with Crippen molar-refractivity contribution < 1.29 is 8.42 Å². The van der Waals surface area contributed by atoms with Gasteiger partial charge in [0.25, 0.3) is 0 Å². The Morgan fingerprint density at radius 3 is 2.84 bits per heavy atom. The molecule has 8 heteroatoms. The van der Waals surface area contributed by atoms with Crippen molar-refractivity contribution in [2.45, 2.75) is 18.9 Å². The SMILES string of the molecule is CS(=O)(=O)Nc1cccc(-c2nnnn2C2CC2)c1. The first kappa shape index (κ1) is 12.1. The van der Waals surface area contributed by atoms with E-state index in [1.54, 1.807) is 22.9 Å². The summed E-state index contributed by atoms with van der Waals surface area (Å²) in [5.41, 5.74) is 1.30. The molecule has 0 radical (unpaired) electrons. The van der Waals surface area contributed by atoms with Crippen molar-refractivity contribution in [1.82, 2.24) is 20.2 Å². The van der Waals surface area contributed by atoms with E-state index < -0.39 is 10.0 Å². The minimum atomic E-state index is -3.29. The van der Waals surface area contributed by atoms with E-state index in [1.807, 2.05) is 6.07 Å². The molecular formula is C11H13N5O2S. The Morgan fingerprint density at radius 2 is 2.16 bits per heavy atom. The van der Waals surface area contributed by atoms with Crippen molar-refractivity contribution >= 4 is 15.7 Å². The van der Waals surface area contributed by atoms with Gasteiger partial charge in [-0.15, -0.1) is 5.10 Å². The molecule has 0 aliphatic heterocycles. The molecule has 1 heterocycles. The summed E-state index contributed by atoms with van der Waals surface area (Å²) in [5.74, 6) is 0.666. The highest BCUT2D eigenvalue weighted by molar-refractivity contribution is 7.92. The van der Waals surface area contributed by atoms with Crippen LogP contribution in [0.15, 0.2) is 24.3 Å². The van der Waals surface area contributed by atoms with Crippen LogP contribution in [0, 0.1) is 0 Å². The van der Waals surface area contributed by atoms with Crippen molar-refractivity contribution in [3.05, 3.63) is 24.3 Å². The molecule has 1 aromatic carbocycles. The molecule has 1 saturated carbocycles. The third-order valence-electron chi connectivity index (χ3n) is 2.81. The topological polar surface area (TPSA) is 89.8 Å². The van der Waals surface area contributed by atoms with E-state index in [4.69, 9.17) is 0 Å². The fraction of sp³-hybridized carbons (Fsp3) is 0.364. The average molecular weight is 279 g/mol. The molecule has 0 atom stereocenters. The predicted octanol–water partition coefficient (Wildman–Crippen LogP) is 1.05. The summed E-state index contributed by atoms with van der Waals surface area (Å²) in [5, 5.41) is 11.7. The highest BCUT2D eigenvalue weighted by atomic mass is 32.2. The Morgan fingerprint density at radius 1 is 1.37 bits per heavy atom. The lowest BCUT2D eigenvalue weighted by atomic mass is 10.2. The standard InChI is InChI=1S/C11H13N5O2S/c1-19(17,18)13-9-4-2-3-8(7-9)11-12-14-15-16(11)10-5-6-10/h2-4,7,10,13H,5-6H2,1H3. The summed E-state index contributed by atoms with van der Waals surface area (Å²) < 4.78 is 26.7. The smallest absolute Gasteiger partial charge is 0.229 e. The lowest BCUT2D eigenvalue weighted by Gasteiger charge is -2.06. The van der Waals surface area contributed by atoms with Gasteiger partial charge in [-0.1, -0.05) is 12.1 Å². The van der Waals surface area contributed by atoms with Crippen molar-refractivity contribution in [3.63, 3.8) is 0 Å². The zero-order chi connectivity index (χ0) is 13.5. The van der Waals surface area contributed by atoms with Gasteiger partial charge in [0.15, 0.2) is 5.82 Å². The Hall–Kier alpha value is -1.96. The van der Waals surface area contributed by atoms with E-state index in [2.05, 4.69) is 20.2 Å². The summed E-state index contributed by atoms with van der Waals surface area (Å²) in [6.45, 7) is 0. The van der Waals surface area contributed by atoms with E-state index >= 15 is 0 Å². The second-order valence-electron chi connectivity index (χ2n) is 4.63. The quantitative estimate of drug-likeness (QED) is 0.903. The first-order valence-electron chi connectivity index (χ1n) is 5.89. The number of anilines is 1. The lowest BCUT2D eigenvalue weighted by molar-refractivity contribution is 0.607. The van der Waals surface area contributed by atoms with Crippen LogP contribution >= 0.6 is 0 Å². The summed E-state index contributed by atoms with van der Waals surface area (Å²) in [6.07, 6.45) is 3.28. The van der Waals surface area contributed by atoms with Crippen molar-refractivity contribution in [3.8, 4) is 11.4 Å². The molecule has 3 rings (SSSR count). The van der Waals surface area contributed by atoms with E-state index in [9.17, 15) is 8.42 Å². The number of hydrogen-bond acceptors (Lipinski definition) is 5. The maximum atomic E-state index is 11.2. The maximum Gasteiger partial charge on any atom is 0.229 e. The van der Waals surface area contributed by atoms with Gasteiger partial charge in [-0.3, -0.25) is 4.72 Å². The first-order chi connectivity index (χ1) is 9.03. The highest BCUT2D eigenvalue weighted by Crippen LogP contribution is 2.36. The summed E-state index contributed by atoms with van der Waals surface area (Å²) >= 11 is 0. The van der Waals surface area contributed by atoms with Crippen LogP contribution in [-0.4, -0.2) is 34.9 Å². The van der Waals surface area contributed by atoms with Gasteiger partial charge in [0.2, 0.25) is 10.0 Å². The zero-order valence-electron chi connectivity index (χ0n) is 10.3. The van der Waals surface area contributed by atoms with Gasteiger partial charge in [-0.2, -0.15) is 0 Å². The third kappa shape index (κ3) is 2.73. The molecule has 7 nitrogen and oxygen atoms in total. The molecule has 1 aliphatic rings. The van der Waals surface area contributed by atoms with Gasteiger partial charge in [-0.25, -0.2) is 13.1 Å². The van der Waals surface area contributed by atoms with Gasteiger partial charge in [-0.05, 0) is 35.4 Å². The van der Waals surface area contributed by atoms with Crippen molar-refractivity contribution in [2.24, 2.45) is 0 Å². The van der Waals surface area contributed by atoms with Gasteiger partial charge in [0.1, 0.15) is 0 Å². The van der Waals surface area contributed by atoms with E-state index in [1.165, 1.54) is 0 Å². The molecule has 0 spiro atoms. The minimum absolute atomic E-state index is 0.372. The Kier molecular flexibility index (Phi) is 2.74. The third-order valence-corrected chi connectivity index (χ3v) is 3.42. The van der Waals surface area contributed by atoms with Crippen molar-refractivity contribution in [1.29, 1.82) is 0 Å². The number of benzene rings is 1. The highest BCUT2D eigenvalue weighted by Gasteiger charge is 2.28. The average Bonchev–Trinajstić information content (AvgIpc) is 3.05. The maximum absolute atomic E-state index is 11.2. The number of tetrazole rings is 1. The fourth-order valence-corrected chi connectivity index (χ4v) is 2.44. The second kappa shape index (κ2) is 4.30. The van der Waals surface area contributed by atoms with Crippen LogP contribution in [0.4, 0.5) is 5.69 Å². The molecule has 19 heavy (non-hydrogen) atoms. The van der Waals surface area contributed by atoms with Crippen LogP contribution < -0.4 is 4.72 Å². The summed E-state index contributed by atoms with van der Waals surface area (Å²) in [4.78, 5) is 0. The minimum Gasteiger partial charge on any atom is -0.284 e. The van der Waals surface area contributed by atoms with E-state index in [-0.39, 0.29) is 0 Å². The zero-order valence-corrected chi connectivity index (χ0v) is 11.1. The monoisotopic (exact) mass is 279 g/mol. The molecule has 0 saturated heterocycles. The molecule has 1 aliphatic carbocycles. The first-order valence-corrected chi connectivity index (χ1v) is 7.78. The molecule has 0 bridgehead atoms. The molecule has 1 N–H and O–H groups in total. The van der Waals surface area contributed by atoms with Crippen LogP contribution in [0.1, 0.15) is 18.9 Å². The van der Waals surface area contributed by atoms with Crippen LogP contribution in [0.2, 0.25) is 0 Å². The molecule has 2 aromatic rings. The van der Waals surface area contributed by atoms with Gasteiger partial charge in [0, 0.05) is 11.3 Å². The molecule has 1 fully saturated rings. The largest absolute Gasteiger partial charge is 0.284 e. The van der Waals surface area contributed by atoms with Gasteiger partial charge in [0.05, 0.1) is 12.3 Å². The summed E-state index contributed by atoms with van der Waals surface area (Å²) in [7, 11) is -3.29. The van der Waals surface area contributed by atoms with Crippen LogP contribution in [0.3, 0.4) is 0 Å².